The van der Waals surface area contributed by atoms with Crippen LogP contribution in [0.15, 0.2) is 18.2 Å². The third-order valence-electron chi connectivity index (χ3n) is 4.13. The topological polar surface area (TPSA) is 54.0 Å². The van der Waals surface area contributed by atoms with Gasteiger partial charge in [-0.3, -0.25) is 4.79 Å². The molecule has 140 valence electrons. The molecule has 0 saturated heterocycles. The molecular formula is C20H23ClO5. The summed E-state index contributed by atoms with van der Waals surface area (Å²) in [4.78, 5) is 13.4. The average molecular weight is 379 g/mol. The Morgan fingerprint density at radius 3 is 2.19 bits per heavy atom. The average Bonchev–Trinajstić information content (AvgIpc) is 2.63. The Kier molecular flexibility index (Phi) is 6.37. The van der Waals surface area contributed by atoms with E-state index in [-0.39, 0.29) is 5.78 Å². The minimum absolute atomic E-state index is 0.250. The van der Waals surface area contributed by atoms with Crippen molar-refractivity contribution in [2.24, 2.45) is 0 Å². The van der Waals surface area contributed by atoms with Crippen molar-refractivity contribution >= 4 is 17.4 Å². The van der Waals surface area contributed by atoms with E-state index < -0.39 is 0 Å². The Balaban J connectivity index is 2.75. The molecule has 2 aromatic rings. The zero-order valence-corrected chi connectivity index (χ0v) is 16.6. The fourth-order valence-corrected chi connectivity index (χ4v) is 3.05. The molecule has 0 radical (unpaired) electrons. The van der Waals surface area contributed by atoms with Crippen LogP contribution in [0.3, 0.4) is 0 Å². The summed E-state index contributed by atoms with van der Waals surface area (Å²) in [5, 5.41) is 0.433. The molecule has 0 aliphatic heterocycles. The minimum atomic E-state index is -0.250. The fraction of sp³-hybridized carbons (Fsp3) is 0.350. The largest absolute Gasteiger partial charge is 0.497 e. The van der Waals surface area contributed by atoms with Crippen molar-refractivity contribution in [1.82, 2.24) is 0 Å². The summed E-state index contributed by atoms with van der Waals surface area (Å²) in [5.41, 5.74) is 2.13. The first kappa shape index (κ1) is 19.9. The number of benzene rings is 2. The van der Waals surface area contributed by atoms with Gasteiger partial charge in [-0.15, -0.1) is 0 Å². The number of ketones is 1. The normalized spacial score (nSPS) is 10.4. The van der Waals surface area contributed by atoms with E-state index in [0.717, 1.165) is 5.56 Å². The number of carbonyl (C=O) groups is 1. The Morgan fingerprint density at radius 1 is 0.962 bits per heavy atom. The van der Waals surface area contributed by atoms with Crippen LogP contribution in [-0.2, 0) is 0 Å². The maximum absolute atomic E-state index is 13.4. The SMILES string of the molecule is CCOc1cc(Cl)c(C)c(C(=O)c2c(C)cc(OC)cc2OC)c1OC. The molecule has 0 aromatic heterocycles. The molecular weight excluding hydrogens is 356 g/mol. The van der Waals surface area contributed by atoms with Crippen LogP contribution < -0.4 is 18.9 Å². The van der Waals surface area contributed by atoms with Gasteiger partial charge in [-0.25, -0.2) is 0 Å². The van der Waals surface area contributed by atoms with Crippen molar-refractivity contribution in [2.45, 2.75) is 20.8 Å². The maximum Gasteiger partial charge on any atom is 0.201 e. The maximum atomic E-state index is 13.4. The van der Waals surface area contributed by atoms with Crippen molar-refractivity contribution in [2.75, 3.05) is 27.9 Å². The van der Waals surface area contributed by atoms with Crippen LogP contribution in [0.4, 0.5) is 0 Å². The Bertz CT molecular complexity index is 830. The van der Waals surface area contributed by atoms with Crippen LogP contribution in [0, 0.1) is 13.8 Å². The van der Waals surface area contributed by atoms with Crippen LogP contribution in [-0.4, -0.2) is 33.7 Å². The molecule has 6 heteroatoms. The molecule has 0 heterocycles. The van der Waals surface area contributed by atoms with Gasteiger partial charge in [-0.2, -0.15) is 0 Å². The summed E-state index contributed by atoms with van der Waals surface area (Å²) in [7, 11) is 4.58. The molecule has 0 aliphatic carbocycles. The predicted molar refractivity (Wildman–Crippen MR) is 102 cm³/mol. The fourth-order valence-electron chi connectivity index (χ4n) is 2.86. The van der Waals surface area contributed by atoms with Crippen molar-refractivity contribution < 1.29 is 23.7 Å². The number of methoxy groups -OCH3 is 3. The van der Waals surface area contributed by atoms with Gasteiger partial charge in [0.1, 0.15) is 11.5 Å². The zero-order chi connectivity index (χ0) is 19.4. The summed E-state index contributed by atoms with van der Waals surface area (Å²) >= 11 is 6.34. The van der Waals surface area contributed by atoms with Gasteiger partial charge in [-0.1, -0.05) is 11.6 Å². The Hall–Kier alpha value is -2.40. The molecule has 0 aliphatic rings. The molecule has 0 unspecified atom stereocenters. The number of carbonyl (C=O) groups excluding carboxylic acids is 1. The molecule has 2 rings (SSSR count). The highest BCUT2D eigenvalue weighted by Crippen LogP contribution is 2.41. The zero-order valence-electron chi connectivity index (χ0n) is 15.9. The monoisotopic (exact) mass is 378 g/mol. The second kappa shape index (κ2) is 8.32. The number of aryl methyl sites for hydroxylation is 1. The lowest BCUT2D eigenvalue weighted by molar-refractivity contribution is 0.103. The smallest absolute Gasteiger partial charge is 0.201 e. The predicted octanol–water partition coefficient (Wildman–Crippen LogP) is 4.61. The van der Waals surface area contributed by atoms with E-state index in [4.69, 9.17) is 30.5 Å². The first-order chi connectivity index (χ1) is 12.4. The summed E-state index contributed by atoms with van der Waals surface area (Å²) in [6.45, 7) is 5.88. The molecule has 0 atom stereocenters. The summed E-state index contributed by atoms with van der Waals surface area (Å²) in [6.07, 6.45) is 0. The van der Waals surface area contributed by atoms with Gasteiger partial charge in [-0.05, 0) is 38.0 Å². The van der Waals surface area contributed by atoms with Crippen molar-refractivity contribution in [3.63, 3.8) is 0 Å². The number of rotatable bonds is 7. The lowest BCUT2D eigenvalue weighted by Gasteiger charge is -2.19. The van der Waals surface area contributed by atoms with Crippen molar-refractivity contribution in [1.29, 1.82) is 0 Å². The van der Waals surface area contributed by atoms with Gasteiger partial charge in [0.05, 0.1) is 39.1 Å². The third-order valence-corrected chi connectivity index (χ3v) is 4.52. The van der Waals surface area contributed by atoms with E-state index in [1.54, 1.807) is 32.2 Å². The van der Waals surface area contributed by atoms with Gasteiger partial charge < -0.3 is 18.9 Å². The molecule has 0 fully saturated rings. The summed E-state index contributed by atoms with van der Waals surface area (Å²) in [5.74, 6) is 1.57. The molecule has 0 N–H and O–H groups in total. The van der Waals surface area contributed by atoms with Crippen LogP contribution in [0.1, 0.15) is 34.0 Å². The van der Waals surface area contributed by atoms with E-state index in [1.807, 2.05) is 13.8 Å². The second-order valence-electron chi connectivity index (χ2n) is 5.67. The first-order valence-corrected chi connectivity index (χ1v) is 8.54. The second-order valence-corrected chi connectivity index (χ2v) is 6.08. The van der Waals surface area contributed by atoms with Gasteiger partial charge in [0.2, 0.25) is 5.78 Å². The molecule has 0 saturated carbocycles. The molecule has 0 spiro atoms. The summed E-state index contributed by atoms with van der Waals surface area (Å²) in [6, 6.07) is 5.12. The molecule has 5 nitrogen and oxygen atoms in total. The molecule has 0 amide bonds. The standard InChI is InChI=1S/C20H23ClO5/c1-7-26-16-10-14(21)12(3)18(20(16)25-6)19(22)17-11(2)8-13(23-4)9-15(17)24-5/h8-10H,7H2,1-6H3. The van der Waals surface area contributed by atoms with Gasteiger partial charge in [0.15, 0.2) is 11.5 Å². The minimum Gasteiger partial charge on any atom is -0.497 e. The first-order valence-electron chi connectivity index (χ1n) is 8.16. The van der Waals surface area contributed by atoms with Gasteiger partial charge in [0, 0.05) is 17.2 Å². The molecule has 26 heavy (non-hydrogen) atoms. The van der Waals surface area contributed by atoms with E-state index >= 15 is 0 Å². The Morgan fingerprint density at radius 2 is 1.65 bits per heavy atom. The lowest BCUT2D eigenvalue weighted by atomic mass is 9.93. The van der Waals surface area contributed by atoms with Crippen molar-refractivity contribution in [3.05, 3.63) is 45.5 Å². The van der Waals surface area contributed by atoms with E-state index in [0.29, 0.717) is 51.3 Å². The third kappa shape index (κ3) is 3.58. The molecule has 2 aromatic carbocycles. The van der Waals surface area contributed by atoms with E-state index in [9.17, 15) is 4.79 Å². The number of hydrogen-bond donors (Lipinski definition) is 0. The van der Waals surface area contributed by atoms with Gasteiger partial charge in [0.25, 0.3) is 0 Å². The highest BCUT2D eigenvalue weighted by molar-refractivity contribution is 6.32. The van der Waals surface area contributed by atoms with Gasteiger partial charge >= 0.3 is 0 Å². The highest BCUT2D eigenvalue weighted by atomic mass is 35.5. The molecule has 0 bridgehead atoms. The lowest BCUT2D eigenvalue weighted by Crippen LogP contribution is -2.12. The van der Waals surface area contributed by atoms with E-state index in [1.165, 1.54) is 14.2 Å². The summed E-state index contributed by atoms with van der Waals surface area (Å²) < 4.78 is 21.8. The van der Waals surface area contributed by atoms with Crippen LogP contribution in [0.5, 0.6) is 23.0 Å². The Labute approximate surface area is 158 Å². The van der Waals surface area contributed by atoms with Crippen LogP contribution in [0.2, 0.25) is 5.02 Å². The van der Waals surface area contributed by atoms with Crippen molar-refractivity contribution in [3.8, 4) is 23.0 Å². The van der Waals surface area contributed by atoms with E-state index in [2.05, 4.69) is 0 Å². The van der Waals surface area contributed by atoms with Crippen LogP contribution >= 0.6 is 11.6 Å². The quantitative estimate of drug-likeness (QED) is 0.658. The number of hydrogen-bond acceptors (Lipinski definition) is 5. The highest BCUT2D eigenvalue weighted by Gasteiger charge is 2.27. The number of halogens is 1. The number of ether oxygens (including phenoxy) is 4. The van der Waals surface area contributed by atoms with Crippen LogP contribution in [0.25, 0.3) is 0 Å².